The van der Waals surface area contributed by atoms with Gasteiger partial charge in [-0.05, 0) is 48.9 Å². The van der Waals surface area contributed by atoms with Crippen molar-refractivity contribution in [2.75, 3.05) is 11.9 Å². The van der Waals surface area contributed by atoms with E-state index < -0.39 is 0 Å². The van der Waals surface area contributed by atoms with E-state index in [9.17, 15) is 4.79 Å². The smallest absolute Gasteiger partial charge is 0.227 e. The Kier molecular flexibility index (Phi) is 4.81. The quantitative estimate of drug-likeness (QED) is 0.827. The summed E-state index contributed by atoms with van der Waals surface area (Å²) in [5.74, 6) is 6.29. The molecular formula is C17H21NO2. The van der Waals surface area contributed by atoms with E-state index in [0.29, 0.717) is 5.92 Å². The normalized spacial score (nSPS) is 15.2. The van der Waals surface area contributed by atoms with Gasteiger partial charge in [0.1, 0.15) is 6.61 Å². The van der Waals surface area contributed by atoms with Crippen LogP contribution in [0.4, 0.5) is 5.69 Å². The van der Waals surface area contributed by atoms with Crippen LogP contribution in [0.1, 0.15) is 37.8 Å². The molecule has 0 spiro atoms. The van der Waals surface area contributed by atoms with E-state index in [2.05, 4.69) is 24.1 Å². The summed E-state index contributed by atoms with van der Waals surface area (Å²) >= 11 is 0. The van der Waals surface area contributed by atoms with Crippen LogP contribution in [-0.4, -0.2) is 17.6 Å². The Morgan fingerprint density at radius 3 is 2.85 bits per heavy atom. The van der Waals surface area contributed by atoms with Gasteiger partial charge in [0.2, 0.25) is 5.91 Å². The molecule has 1 aliphatic rings. The lowest BCUT2D eigenvalue weighted by Gasteiger charge is -2.14. The van der Waals surface area contributed by atoms with E-state index in [1.807, 2.05) is 25.1 Å². The van der Waals surface area contributed by atoms with Crippen LogP contribution in [0, 0.1) is 23.7 Å². The molecule has 1 fully saturated rings. The van der Waals surface area contributed by atoms with Gasteiger partial charge in [-0.15, -0.1) is 0 Å². The highest BCUT2D eigenvalue weighted by molar-refractivity contribution is 5.93. The highest BCUT2D eigenvalue weighted by Gasteiger charge is 2.32. The molecule has 0 heterocycles. The number of anilines is 1. The van der Waals surface area contributed by atoms with Gasteiger partial charge in [0.05, 0.1) is 0 Å². The van der Waals surface area contributed by atoms with Gasteiger partial charge in [-0.25, -0.2) is 0 Å². The summed E-state index contributed by atoms with van der Waals surface area (Å²) in [6, 6.07) is 5.75. The molecule has 0 saturated heterocycles. The van der Waals surface area contributed by atoms with E-state index in [0.717, 1.165) is 23.2 Å². The van der Waals surface area contributed by atoms with Gasteiger partial charge in [0, 0.05) is 17.2 Å². The highest BCUT2D eigenvalue weighted by Crippen LogP contribution is 2.37. The second kappa shape index (κ2) is 6.58. The number of rotatable bonds is 4. The Morgan fingerprint density at radius 2 is 2.25 bits per heavy atom. The zero-order valence-electron chi connectivity index (χ0n) is 12.1. The summed E-state index contributed by atoms with van der Waals surface area (Å²) in [6.07, 6.45) is 3.18. The molecule has 106 valence electrons. The van der Waals surface area contributed by atoms with Crippen LogP contribution < -0.4 is 5.32 Å². The van der Waals surface area contributed by atoms with Crippen molar-refractivity contribution in [3.05, 3.63) is 29.3 Å². The molecule has 1 aliphatic carbocycles. The van der Waals surface area contributed by atoms with Crippen molar-refractivity contribution in [3.8, 4) is 11.8 Å². The minimum Gasteiger partial charge on any atom is -0.384 e. The molecule has 1 aromatic carbocycles. The molecule has 1 saturated carbocycles. The zero-order chi connectivity index (χ0) is 14.5. The van der Waals surface area contributed by atoms with Crippen LogP contribution in [0.25, 0.3) is 0 Å². The fraction of sp³-hybridized carbons (Fsp3) is 0.471. The van der Waals surface area contributed by atoms with E-state index >= 15 is 0 Å². The first-order valence-electron chi connectivity index (χ1n) is 7.19. The number of carbonyl (C=O) groups excluding carboxylic acids is 1. The predicted octanol–water partition coefficient (Wildman–Crippen LogP) is 2.58. The van der Waals surface area contributed by atoms with Crippen LogP contribution >= 0.6 is 0 Å². The van der Waals surface area contributed by atoms with Crippen LogP contribution in [0.15, 0.2) is 18.2 Å². The number of aryl methyl sites for hydroxylation is 1. The van der Waals surface area contributed by atoms with Gasteiger partial charge >= 0.3 is 0 Å². The number of aliphatic hydroxyl groups excluding tert-OH is 1. The molecular weight excluding hydrogens is 250 g/mol. The Morgan fingerprint density at radius 1 is 1.50 bits per heavy atom. The molecule has 1 amide bonds. The molecule has 20 heavy (non-hydrogen) atoms. The van der Waals surface area contributed by atoms with Gasteiger partial charge in [-0.1, -0.05) is 25.7 Å². The van der Waals surface area contributed by atoms with Crippen molar-refractivity contribution in [3.63, 3.8) is 0 Å². The fourth-order valence-corrected chi connectivity index (χ4v) is 2.28. The first-order valence-corrected chi connectivity index (χ1v) is 7.19. The highest BCUT2D eigenvalue weighted by atomic mass is 16.2. The third-order valence-electron chi connectivity index (χ3n) is 3.80. The van der Waals surface area contributed by atoms with Crippen molar-refractivity contribution in [2.24, 2.45) is 11.8 Å². The molecule has 1 aromatic rings. The standard InChI is InChI=1S/C17H21NO2/c1-3-14-11-13(5-4-10-19)6-9-16(14)18-17(20)12(2)15-7-8-15/h6,9,11-12,15,19H,3,7-8,10H2,1-2H3,(H,18,20). The first kappa shape index (κ1) is 14.6. The fourth-order valence-electron chi connectivity index (χ4n) is 2.28. The Bertz CT molecular complexity index is 550. The molecule has 0 radical (unpaired) electrons. The van der Waals surface area contributed by atoms with E-state index in [-0.39, 0.29) is 18.4 Å². The summed E-state index contributed by atoms with van der Waals surface area (Å²) in [5, 5.41) is 11.7. The number of aliphatic hydroxyl groups is 1. The number of benzene rings is 1. The molecule has 2 N–H and O–H groups in total. The summed E-state index contributed by atoms with van der Waals surface area (Å²) < 4.78 is 0. The SMILES string of the molecule is CCc1cc(C#CCO)ccc1NC(=O)C(C)C1CC1. The van der Waals surface area contributed by atoms with Crippen LogP contribution in [0.3, 0.4) is 0 Å². The average molecular weight is 271 g/mol. The molecule has 0 bridgehead atoms. The van der Waals surface area contributed by atoms with Crippen LogP contribution in [0.2, 0.25) is 0 Å². The van der Waals surface area contributed by atoms with Crippen LogP contribution in [0.5, 0.6) is 0 Å². The lowest BCUT2D eigenvalue weighted by molar-refractivity contribution is -0.119. The largest absolute Gasteiger partial charge is 0.384 e. The van der Waals surface area contributed by atoms with Crippen molar-refractivity contribution >= 4 is 11.6 Å². The maximum absolute atomic E-state index is 12.1. The lowest BCUT2D eigenvalue weighted by Crippen LogP contribution is -2.22. The predicted molar refractivity (Wildman–Crippen MR) is 80.3 cm³/mol. The minimum atomic E-state index is -0.140. The van der Waals surface area contributed by atoms with Gasteiger partial charge in [0.25, 0.3) is 0 Å². The number of hydrogen-bond donors (Lipinski definition) is 2. The molecule has 0 aliphatic heterocycles. The van der Waals surface area contributed by atoms with Crippen molar-refractivity contribution in [1.29, 1.82) is 0 Å². The minimum absolute atomic E-state index is 0.0913. The molecule has 3 heteroatoms. The third kappa shape index (κ3) is 3.61. The van der Waals surface area contributed by atoms with E-state index in [4.69, 9.17) is 5.11 Å². The van der Waals surface area contributed by atoms with Crippen molar-refractivity contribution in [1.82, 2.24) is 0 Å². The van der Waals surface area contributed by atoms with Gasteiger partial charge in [-0.2, -0.15) is 0 Å². The Balaban J connectivity index is 2.12. The maximum atomic E-state index is 12.1. The van der Waals surface area contributed by atoms with Gasteiger partial charge in [0.15, 0.2) is 0 Å². The number of carbonyl (C=O) groups is 1. The monoisotopic (exact) mass is 271 g/mol. The second-order valence-electron chi connectivity index (χ2n) is 5.30. The van der Waals surface area contributed by atoms with E-state index in [1.165, 1.54) is 12.8 Å². The maximum Gasteiger partial charge on any atom is 0.227 e. The topological polar surface area (TPSA) is 49.3 Å². The summed E-state index contributed by atoms with van der Waals surface area (Å²) in [5.41, 5.74) is 2.81. The zero-order valence-corrected chi connectivity index (χ0v) is 12.1. The van der Waals surface area contributed by atoms with E-state index in [1.54, 1.807) is 0 Å². The lowest BCUT2D eigenvalue weighted by atomic mass is 10.0. The van der Waals surface area contributed by atoms with Crippen LogP contribution in [-0.2, 0) is 11.2 Å². The molecule has 2 rings (SSSR count). The summed E-state index contributed by atoms with van der Waals surface area (Å²) in [6.45, 7) is 3.91. The van der Waals surface area contributed by atoms with Gasteiger partial charge < -0.3 is 10.4 Å². The summed E-state index contributed by atoms with van der Waals surface area (Å²) in [4.78, 5) is 12.1. The van der Waals surface area contributed by atoms with Crippen molar-refractivity contribution in [2.45, 2.75) is 33.1 Å². The Labute approximate surface area is 120 Å². The molecule has 1 unspecified atom stereocenters. The molecule has 1 atom stereocenters. The van der Waals surface area contributed by atoms with Gasteiger partial charge in [-0.3, -0.25) is 4.79 Å². The molecule has 0 aromatic heterocycles. The second-order valence-corrected chi connectivity index (χ2v) is 5.30. The van der Waals surface area contributed by atoms with Crippen molar-refractivity contribution < 1.29 is 9.90 Å². The number of hydrogen-bond acceptors (Lipinski definition) is 2. The number of nitrogens with one attached hydrogen (secondary N) is 1. The summed E-state index contributed by atoms with van der Waals surface area (Å²) in [7, 11) is 0. The average Bonchev–Trinajstić information content (AvgIpc) is 3.29. The number of amides is 1. The first-order chi connectivity index (χ1) is 9.65. The molecule has 3 nitrogen and oxygen atoms in total. The third-order valence-corrected chi connectivity index (χ3v) is 3.80. The Hall–Kier alpha value is -1.79.